The van der Waals surface area contributed by atoms with Gasteiger partial charge in [-0.25, -0.2) is 4.79 Å². The first-order chi connectivity index (χ1) is 13.8. The van der Waals surface area contributed by atoms with Crippen molar-refractivity contribution in [3.63, 3.8) is 0 Å². The molecule has 0 aliphatic rings. The maximum Gasteiger partial charge on any atom is 0.319 e. The zero-order valence-corrected chi connectivity index (χ0v) is 15.9. The van der Waals surface area contributed by atoms with E-state index in [9.17, 15) is 4.79 Å². The molecular weight excluding hydrogens is 352 g/mol. The van der Waals surface area contributed by atoms with Crippen LogP contribution in [0.15, 0.2) is 60.9 Å². The number of carbonyl (C=O) groups excluding carboxylic acids is 1. The molecule has 144 valence electrons. The van der Waals surface area contributed by atoms with Gasteiger partial charge in [-0.3, -0.25) is 0 Å². The summed E-state index contributed by atoms with van der Waals surface area (Å²) in [6.45, 7) is 1.92. The van der Waals surface area contributed by atoms with Crippen LogP contribution in [0.1, 0.15) is 5.56 Å². The molecule has 3 N–H and O–H groups in total. The zero-order chi connectivity index (χ0) is 19.3. The number of nitrogens with zero attached hydrogens (tertiary/aromatic N) is 1. The number of aromatic amines is 1. The van der Waals surface area contributed by atoms with Crippen molar-refractivity contribution in [3.8, 4) is 0 Å². The maximum absolute atomic E-state index is 12.4. The Kier molecular flexibility index (Phi) is 5.30. The van der Waals surface area contributed by atoms with E-state index in [0.29, 0.717) is 13.2 Å². The molecule has 4 rings (SSSR count). The van der Waals surface area contributed by atoms with Gasteiger partial charge >= 0.3 is 6.03 Å². The highest BCUT2D eigenvalue weighted by atomic mass is 16.5. The minimum Gasteiger partial charge on any atom is -0.383 e. The van der Waals surface area contributed by atoms with Gasteiger partial charge in [0.2, 0.25) is 0 Å². The summed E-state index contributed by atoms with van der Waals surface area (Å²) in [5.74, 6) is 0. The van der Waals surface area contributed by atoms with Crippen molar-refractivity contribution in [2.75, 3.05) is 25.6 Å². The standard InChI is InChI=1S/C22H24N4O2/c1-28-13-12-26-15-20(18-7-3-5-9-21(18)26)25-22(27)23-11-10-16-14-24-19-8-4-2-6-17(16)19/h2-9,14-15,24H,10-13H2,1H3,(H2,23,25,27). The van der Waals surface area contributed by atoms with Crippen molar-refractivity contribution in [1.82, 2.24) is 14.9 Å². The van der Waals surface area contributed by atoms with E-state index in [1.165, 1.54) is 10.9 Å². The Hall–Kier alpha value is -3.25. The van der Waals surface area contributed by atoms with E-state index in [0.717, 1.165) is 35.1 Å². The number of rotatable bonds is 7. The van der Waals surface area contributed by atoms with Crippen molar-refractivity contribution in [2.45, 2.75) is 13.0 Å². The fourth-order valence-corrected chi connectivity index (χ4v) is 3.54. The molecule has 0 saturated carbocycles. The van der Waals surface area contributed by atoms with Gasteiger partial charge < -0.3 is 24.9 Å². The Bertz CT molecular complexity index is 1100. The SMILES string of the molecule is COCCn1cc(NC(=O)NCCc2c[nH]c3ccccc23)c2ccccc21. The first kappa shape index (κ1) is 18.1. The van der Waals surface area contributed by atoms with Gasteiger partial charge in [-0.15, -0.1) is 0 Å². The lowest BCUT2D eigenvalue weighted by atomic mass is 10.1. The van der Waals surface area contributed by atoms with Gasteiger partial charge in [0, 0.05) is 48.9 Å². The van der Waals surface area contributed by atoms with Crippen LogP contribution in [0, 0.1) is 0 Å². The number of anilines is 1. The number of methoxy groups -OCH3 is 1. The number of urea groups is 1. The fourth-order valence-electron chi connectivity index (χ4n) is 3.54. The van der Waals surface area contributed by atoms with E-state index in [-0.39, 0.29) is 6.03 Å². The molecule has 0 fully saturated rings. The van der Waals surface area contributed by atoms with E-state index < -0.39 is 0 Å². The van der Waals surface area contributed by atoms with Gasteiger partial charge in [0.25, 0.3) is 0 Å². The summed E-state index contributed by atoms with van der Waals surface area (Å²) < 4.78 is 7.28. The van der Waals surface area contributed by atoms with Crippen LogP contribution in [-0.2, 0) is 17.7 Å². The second-order valence-electron chi connectivity index (χ2n) is 6.74. The predicted octanol–water partition coefficient (Wildman–Crippen LogP) is 4.13. The topological polar surface area (TPSA) is 71.1 Å². The Morgan fingerprint density at radius 3 is 2.75 bits per heavy atom. The van der Waals surface area contributed by atoms with Crippen LogP contribution < -0.4 is 10.6 Å². The quantitative estimate of drug-likeness (QED) is 0.454. The smallest absolute Gasteiger partial charge is 0.319 e. The van der Waals surface area contributed by atoms with Crippen molar-refractivity contribution >= 4 is 33.5 Å². The fraction of sp³-hybridized carbons (Fsp3) is 0.227. The molecule has 2 heterocycles. The highest BCUT2D eigenvalue weighted by Crippen LogP contribution is 2.25. The third-order valence-corrected chi connectivity index (χ3v) is 4.93. The van der Waals surface area contributed by atoms with Crippen molar-refractivity contribution < 1.29 is 9.53 Å². The molecule has 0 atom stereocenters. The van der Waals surface area contributed by atoms with E-state index in [1.807, 2.05) is 48.8 Å². The molecule has 6 nitrogen and oxygen atoms in total. The Balaban J connectivity index is 1.40. The Morgan fingerprint density at radius 2 is 1.89 bits per heavy atom. The van der Waals surface area contributed by atoms with Crippen molar-refractivity contribution in [2.24, 2.45) is 0 Å². The van der Waals surface area contributed by atoms with Crippen LogP contribution >= 0.6 is 0 Å². The lowest BCUT2D eigenvalue weighted by Crippen LogP contribution is -2.30. The van der Waals surface area contributed by atoms with E-state index in [4.69, 9.17) is 4.74 Å². The third-order valence-electron chi connectivity index (χ3n) is 4.93. The van der Waals surface area contributed by atoms with Gasteiger partial charge in [0.05, 0.1) is 17.8 Å². The summed E-state index contributed by atoms with van der Waals surface area (Å²) in [5, 5.41) is 8.15. The lowest BCUT2D eigenvalue weighted by molar-refractivity contribution is 0.188. The number of fused-ring (bicyclic) bond motifs is 2. The second-order valence-corrected chi connectivity index (χ2v) is 6.74. The Labute approximate surface area is 163 Å². The first-order valence-corrected chi connectivity index (χ1v) is 9.43. The van der Waals surface area contributed by atoms with Crippen LogP contribution in [-0.4, -0.2) is 35.8 Å². The molecule has 0 spiro atoms. The molecule has 2 aromatic heterocycles. The largest absolute Gasteiger partial charge is 0.383 e. The molecular formula is C22H24N4O2. The van der Waals surface area contributed by atoms with Gasteiger partial charge in [0.15, 0.2) is 0 Å². The average Bonchev–Trinajstić information content (AvgIpc) is 3.28. The van der Waals surface area contributed by atoms with Crippen LogP contribution in [0.5, 0.6) is 0 Å². The number of hydrogen-bond donors (Lipinski definition) is 3. The summed E-state index contributed by atoms with van der Waals surface area (Å²) in [6.07, 6.45) is 4.74. The van der Waals surface area contributed by atoms with Crippen LogP contribution in [0.4, 0.5) is 10.5 Å². The molecule has 4 aromatic rings. The zero-order valence-electron chi connectivity index (χ0n) is 15.9. The number of carbonyl (C=O) groups is 1. The Morgan fingerprint density at radius 1 is 1.11 bits per heavy atom. The minimum absolute atomic E-state index is 0.200. The molecule has 2 aromatic carbocycles. The van der Waals surface area contributed by atoms with Crippen molar-refractivity contribution in [1.29, 1.82) is 0 Å². The summed E-state index contributed by atoms with van der Waals surface area (Å²) in [6, 6.07) is 16.0. The lowest BCUT2D eigenvalue weighted by Gasteiger charge is -2.06. The van der Waals surface area contributed by atoms with Gasteiger partial charge in [-0.1, -0.05) is 36.4 Å². The second kappa shape index (κ2) is 8.19. The number of aromatic nitrogens is 2. The number of benzene rings is 2. The number of amides is 2. The monoisotopic (exact) mass is 376 g/mol. The maximum atomic E-state index is 12.4. The molecule has 0 bridgehead atoms. The van der Waals surface area contributed by atoms with E-state index >= 15 is 0 Å². The molecule has 0 saturated heterocycles. The number of H-pyrrole nitrogens is 1. The normalized spacial score (nSPS) is 11.2. The number of para-hydroxylation sites is 2. The molecule has 2 amide bonds. The van der Waals surface area contributed by atoms with Crippen LogP contribution in [0.2, 0.25) is 0 Å². The van der Waals surface area contributed by atoms with E-state index in [1.54, 1.807) is 7.11 Å². The summed E-state index contributed by atoms with van der Waals surface area (Å²) in [4.78, 5) is 15.7. The van der Waals surface area contributed by atoms with E-state index in [2.05, 4.69) is 32.3 Å². The van der Waals surface area contributed by atoms with Crippen molar-refractivity contribution in [3.05, 3.63) is 66.5 Å². The van der Waals surface area contributed by atoms with Crippen LogP contribution in [0.3, 0.4) is 0 Å². The molecule has 0 aliphatic carbocycles. The third kappa shape index (κ3) is 3.73. The van der Waals surface area contributed by atoms with Gasteiger partial charge in [0.1, 0.15) is 0 Å². The number of ether oxygens (including phenoxy) is 1. The molecule has 0 aliphatic heterocycles. The van der Waals surface area contributed by atoms with Gasteiger partial charge in [-0.2, -0.15) is 0 Å². The van der Waals surface area contributed by atoms with Crippen LogP contribution in [0.25, 0.3) is 21.8 Å². The molecule has 0 radical (unpaired) electrons. The summed E-state index contributed by atoms with van der Waals surface area (Å²) >= 11 is 0. The number of hydrogen-bond acceptors (Lipinski definition) is 2. The number of nitrogens with one attached hydrogen (secondary N) is 3. The van der Waals surface area contributed by atoms with Gasteiger partial charge in [-0.05, 0) is 24.1 Å². The summed E-state index contributed by atoms with van der Waals surface area (Å²) in [7, 11) is 1.69. The predicted molar refractivity (Wildman–Crippen MR) is 113 cm³/mol. The summed E-state index contributed by atoms with van der Waals surface area (Å²) in [5.41, 5.74) is 4.20. The molecule has 0 unspecified atom stereocenters. The molecule has 6 heteroatoms. The average molecular weight is 376 g/mol. The first-order valence-electron chi connectivity index (χ1n) is 9.43. The molecule has 28 heavy (non-hydrogen) atoms. The minimum atomic E-state index is -0.200. The highest BCUT2D eigenvalue weighted by molar-refractivity contribution is 6.01. The highest BCUT2D eigenvalue weighted by Gasteiger charge is 2.11.